The van der Waals surface area contributed by atoms with Gasteiger partial charge in [-0.2, -0.15) is 0 Å². The maximum Gasteiger partial charge on any atom is 0.314 e. The van der Waals surface area contributed by atoms with E-state index in [4.69, 9.17) is 0 Å². The third-order valence-corrected chi connectivity index (χ3v) is 3.79. The van der Waals surface area contributed by atoms with E-state index in [1.165, 1.54) is 12.5 Å². The molecule has 25 heavy (non-hydrogen) atoms. The highest BCUT2D eigenvalue weighted by Gasteiger charge is 2.14. The molecule has 0 spiro atoms. The first-order valence-electron chi connectivity index (χ1n) is 8.32. The molecule has 2 amide bonds. The molecule has 0 aliphatic carbocycles. The summed E-state index contributed by atoms with van der Waals surface area (Å²) in [5, 5.41) is 5.07. The Bertz CT molecular complexity index is 750. The van der Waals surface area contributed by atoms with Gasteiger partial charge in [0.2, 0.25) is 0 Å². The Labute approximate surface area is 147 Å². The monoisotopic (exact) mass is 338 g/mol. The number of benzene rings is 2. The van der Waals surface area contributed by atoms with Crippen molar-refractivity contribution < 1.29 is 14.4 Å². The van der Waals surface area contributed by atoms with Gasteiger partial charge in [-0.3, -0.25) is 14.4 Å². The van der Waals surface area contributed by atoms with E-state index in [2.05, 4.69) is 17.6 Å². The molecule has 0 unspecified atom stereocenters. The molecular formula is C20H22N2O3. The number of rotatable bonds is 6. The highest BCUT2D eigenvalue weighted by Crippen LogP contribution is 2.13. The molecule has 0 heterocycles. The zero-order chi connectivity index (χ0) is 18.2. The average Bonchev–Trinajstić information content (AvgIpc) is 2.61. The summed E-state index contributed by atoms with van der Waals surface area (Å²) in [6, 6.07) is 13.9. The number of hydrogen-bond donors (Lipinski definition) is 2. The van der Waals surface area contributed by atoms with Crippen molar-refractivity contribution in [2.45, 2.75) is 33.1 Å². The number of aryl methyl sites for hydroxylation is 1. The molecule has 0 bridgehead atoms. The van der Waals surface area contributed by atoms with E-state index in [1.54, 1.807) is 36.4 Å². The van der Waals surface area contributed by atoms with Crippen molar-refractivity contribution in [2.75, 3.05) is 10.6 Å². The van der Waals surface area contributed by atoms with Crippen LogP contribution in [0.15, 0.2) is 48.5 Å². The number of Topliss-reactive ketones (excluding diaryl/α,β-unsaturated/α-hetero) is 1. The molecule has 0 fully saturated rings. The lowest BCUT2D eigenvalue weighted by Crippen LogP contribution is -2.29. The Morgan fingerprint density at radius 3 is 1.72 bits per heavy atom. The van der Waals surface area contributed by atoms with Crippen LogP contribution in [0.3, 0.4) is 0 Å². The van der Waals surface area contributed by atoms with Gasteiger partial charge in [0.15, 0.2) is 5.78 Å². The fraction of sp³-hybridized carbons (Fsp3) is 0.250. The van der Waals surface area contributed by atoms with Gasteiger partial charge in [-0.1, -0.05) is 25.5 Å². The average molecular weight is 338 g/mol. The lowest BCUT2D eigenvalue weighted by atomic mass is 10.1. The predicted molar refractivity (Wildman–Crippen MR) is 98.8 cm³/mol. The molecule has 0 aliphatic heterocycles. The zero-order valence-corrected chi connectivity index (χ0v) is 14.5. The second-order valence-corrected chi connectivity index (χ2v) is 5.84. The number of nitrogens with one attached hydrogen (secondary N) is 2. The summed E-state index contributed by atoms with van der Waals surface area (Å²) < 4.78 is 0. The van der Waals surface area contributed by atoms with Gasteiger partial charge in [-0.15, -0.1) is 0 Å². The van der Waals surface area contributed by atoms with Crippen LogP contribution in [-0.2, 0) is 16.0 Å². The van der Waals surface area contributed by atoms with E-state index in [0.717, 1.165) is 19.3 Å². The van der Waals surface area contributed by atoms with Crippen LogP contribution < -0.4 is 10.6 Å². The first-order valence-corrected chi connectivity index (χ1v) is 8.32. The van der Waals surface area contributed by atoms with E-state index in [9.17, 15) is 14.4 Å². The van der Waals surface area contributed by atoms with Gasteiger partial charge >= 0.3 is 11.8 Å². The maximum atomic E-state index is 12.0. The molecule has 0 saturated carbocycles. The lowest BCUT2D eigenvalue weighted by molar-refractivity contribution is -0.132. The molecule has 0 atom stereocenters. The summed E-state index contributed by atoms with van der Waals surface area (Å²) in [5.74, 6) is -1.56. The second kappa shape index (κ2) is 8.78. The Morgan fingerprint density at radius 2 is 1.28 bits per heavy atom. The summed E-state index contributed by atoms with van der Waals surface area (Å²) in [5.41, 5.74) is 2.79. The van der Waals surface area contributed by atoms with Gasteiger partial charge in [-0.25, -0.2) is 0 Å². The molecule has 5 heteroatoms. The fourth-order valence-corrected chi connectivity index (χ4v) is 2.30. The predicted octanol–water partition coefficient (Wildman–Crippen LogP) is 3.81. The van der Waals surface area contributed by atoms with E-state index in [-0.39, 0.29) is 5.78 Å². The second-order valence-electron chi connectivity index (χ2n) is 5.84. The Hall–Kier alpha value is -2.95. The van der Waals surface area contributed by atoms with Crippen LogP contribution in [0.4, 0.5) is 11.4 Å². The van der Waals surface area contributed by atoms with E-state index in [0.29, 0.717) is 16.9 Å². The number of ketones is 1. The van der Waals surface area contributed by atoms with Crippen LogP contribution in [0.2, 0.25) is 0 Å². The number of carbonyl (C=O) groups is 3. The minimum absolute atomic E-state index is 0.0574. The minimum Gasteiger partial charge on any atom is -0.318 e. The number of anilines is 2. The maximum absolute atomic E-state index is 12.0. The topological polar surface area (TPSA) is 75.3 Å². The van der Waals surface area contributed by atoms with Crippen molar-refractivity contribution in [1.82, 2.24) is 0 Å². The molecule has 0 saturated heterocycles. The molecule has 2 aromatic carbocycles. The minimum atomic E-state index is -0.759. The third-order valence-electron chi connectivity index (χ3n) is 3.79. The van der Waals surface area contributed by atoms with Crippen molar-refractivity contribution in [1.29, 1.82) is 0 Å². The lowest BCUT2D eigenvalue weighted by Gasteiger charge is -2.08. The van der Waals surface area contributed by atoms with Crippen LogP contribution in [0.25, 0.3) is 0 Å². The van der Waals surface area contributed by atoms with Crippen molar-refractivity contribution >= 4 is 29.0 Å². The first-order chi connectivity index (χ1) is 12.0. The van der Waals surface area contributed by atoms with Crippen molar-refractivity contribution in [2.24, 2.45) is 0 Å². The molecule has 2 N–H and O–H groups in total. The molecule has 0 radical (unpaired) electrons. The first kappa shape index (κ1) is 18.4. The molecule has 5 nitrogen and oxygen atoms in total. The zero-order valence-electron chi connectivity index (χ0n) is 14.5. The SMILES string of the molecule is CCCCc1ccc(NC(=O)C(=O)Nc2ccc(C(C)=O)cc2)cc1. The summed E-state index contributed by atoms with van der Waals surface area (Å²) in [6.07, 6.45) is 3.25. The fourth-order valence-electron chi connectivity index (χ4n) is 2.30. The molecule has 0 aromatic heterocycles. The van der Waals surface area contributed by atoms with Gasteiger partial charge in [0.05, 0.1) is 0 Å². The molecule has 0 aliphatic rings. The van der Waals surface area contributed by atoms with Crippen LogP contribution >= 0.6 is 0 Å². The van der Waals surface area contributed by atoms with Crippen LogP contribution in [-0.4, -0.2) is 17.6 Å². The Kier molecular flexibility index (Phi) is 6.46. The molecule has 2 aromatic rings. The van der Waals surface area contributed by atoms with Crippen LogP contribution in [0.1, 0.15) is 42.6 Å². The number of unbranched alkanes of at least 4 members (excludes halogenated alkanes) is 1. The number of amides is 2. The van der Waals surface area contributed by atoms with Gasteiger partial charge in [0.25, 0.3) is 0 Å². The normalized spacial score (nSPS) is 10.2. The quantitative estimate of drug-likeness (QED) is 0.621. The number of carbonyl (C=O) groups excluding carboxylic acids is 3. The number of hydrogen-bond acceptors (Lipinski definition) is 3. The Morgan fingerprint density at radius 1 is 0.800 bits per heavy atom. The summed E-state index contributed by atoms with van der Waals surface area (Å²) in [4.78, 5) is 35.1. The van der Waals surface area contributed by atoms with Crippen molar-refractivity contribution in [3.05, 3.63) is 59.7 Å². The smallest absolute Gasteiger partial charge is 0.314 e. The molecule has 2 rings (SSSR count). The largest absolute Gasteiger partial charge is 0.318 e. The van der Waals surface area contributed by atoms with E-state index < -0.39 is 11.8 Å². The third kappa shape index (κ3) is 5.57. The standard InChI is InChI=1S/C20H22N2O3/c1-3-4-5-15-6-10-17(11-7-15)21-19(24)20(25)22-18-12-8-16(9-13-18)14(2)23/h6-13H,3-5H2,1-2H3,(H,21,24)(H,22,25). The summed E-state index contributed by atoms with van der Waals surface area (Å²) >= 11 is 0. The van der Waals surface area contributed by atoms with E-state index >= 15 is 0 Å². The van der Waals surface area contributed by atoms with Crippen LogP contribution in [0.5, 0.6) is 0 Å². The Balaban J connectivity index is 1.91. The van der Waals surface area contributed by atoms with Gasteiger partial charge < -0.3 is 10.6 Å². The highest BCUT2D eigenvalue weighted by atomic mass is 16.2. The van der Waals surface area contributed by atoms with Crippen molar-refractivity contribution in [3.8, 4) is 0 Å². The van der Waals surface area contributed by atoms with Crippen molar-refractivity contribution in [3.63, 3.8) is 0 Å². The van der Waals surface area contributed by atoms with Gasteiger partial charge in [0.1, 0.15) is 0 Å². The van der Waals surface area contributed by atoms with Gasteiger partial charge in [0, 0.05) is 16.9 Å². The van der Waals surface area contributed by atoms with Crippen LogP contribution in [0, 0.1) is 0 Å². The summed E-state index contributed by atoms with van der Waals surface area (Å²) in [7, 11) is 0. The summed E-state index contributed by atoms with van der Waals surface area (Å²) in [6.45, 7) is 3.61. The molecule has 130 valence electrons. The van der Waals surface area contributed by atoms with Gasteiger partial charge in [-0.05, 0) is 61.7 Å². The highest BCUT2D eigenvalue weighted by molar-refractivity contribution is 6.43. The molecular weight excluding hydrogens is 316 g/mol. The van der Waals surface area contributed by atoms with E-state index in [1.807, 2.05) is 12.1 Å².